The molecule has 2 unspecified atom stereocenters. The van der Waals surface area contributed by atoms with Crippen LogP contribution in [-0.4, -0.2) is 36.5 Å². The van der Waals surface area contributed by atoms with E-state index in [1.54, 1.807) is 0 Å². The molecule has 1 saturated carbocycles. The third-order valence-electron chi connectivity index (χ3n) is 5.25. The second-order valence-corrected chi connectivity index (χ2v) is 6.67. The molecule has 0 aromatic carbocycles. The molecule has 1 amide bonds. The number of piperidine rings is 1. The van der Waals surface area contributed by atoms with Crippen molar-refractivity contribution in [3.05, 3.63) is 0 Å². The molecule has 1 aliphatic carbocycles. The van der Waals surface area contributed by atoms with Gasteiger partial charge in [0.2, 0.25) is 5.91 Å². The van der Waals surface area contributed by atoms with Gasteiger partial charge in [0, 0.05) is 13.1 Å². The van der Waals surface area contributed by atoms with E-state index in [0.29, 0.717) is 17.9 Å². The van der Waals surface area contributed by atoms with Gasteiger partial charge in [-0.3, -0.25) is 4.79 Å². The lowest BCUT2D eigenvalue weighted by Crippen LogP contribution is -2.52. The smallest absolute Gasteiger partial charge is 0.239 e. The van der Waals surface area contributed by atoms with Gasteiger partial charge in [-0.05, 0) is 56.9 Å². The van der Waals surface area contributed by atoms with Crippen molar-refractivity contribution in [2.45, 2.75) is 70.9 Å². The summed E-state index contributed by atoms with van der Waals surface area (Å²) in [5, 5.41) is 3.40. The summed E-state index contributed by atoms with van der Waals surface area (Å²) in [4.78, 5) is 14.6. The van der Waals surface area contributed by atoms with Crippen LogP contribution in [0.5, 0.6) is 0 Å². The zero-order chi connectivity index (χ0) is 13.8. The molecule has 1 heterocycles. The summed E-state index contributed by atoms with van der Waals surface area (Å²) in [6.07, 6.45) is 8.50. The molecule has 1 saturated heterocycles. The van der Waals surface area contributed by atoms with Crippen molar-refractivity contribution in [3.8, 4) is 0 Å². The summed E-state index contributed by atoms with van der Waals surface area (Å²) in [5.74, 6) is 1.90. The van der Waals surface area contributed by atoms with Gasteiger partial charge < -0.3 is 10.2 Å². The Labute approximate surface area is 118 Å². The molecule has 1 N–H and O–H groups in total. The number of carbonyl (C=O) groups is 1. The molecule has 110 valence electrons. The molecule has 0 spiro atoms. The number of rotatable bonds is 3. The Morgan fingerprint density at radius 3 is 2.47 bits per heavy atom. The third kappa shape index (κ3) is 3.71. The summed E-state index contributed by atoms with van der Waals surface area (Å²) >= 11 is 0. The van der Waals surface area contributed by atoms with Crippen LogP contribution in [0.4, 0.5) is 0 Å². The van der Waals surface area contributed by atoms with Crippen LogP contribution in [-0.2, 0) is 4.79 Å². The molecule has 3 heteroatoms. The van der Waals surface area contributed by atoms with E-state index in [1.807, 2.05) is 11.9 Å². The maximum Gasteiger partial charge on any atom is 0.239 e. The van der Waals surface area contributed by atoms with Crippen LogP contribution in [0.3, 0.4) is 0 Å². The lowest BCUT2D eigenvalue weighted by atomic mass is 9.83. The fourth-order valence-corrected chi connectivity index (χ4v) is 3.66. The van der Waals surface area contributed by atoms with Crippen LogP contribution < -0.4 is 5.32 Å². The monoisotopic (exact) mass is 266 g/mol. The number of nitrogens with zero attached hydrogens (tertiary/aromatic N) is 1. The van der Waals surface area contributed by atoms with E-state index >= 15 is 0 Å². The first-order chi connectivity index (χ1) is 9.11. The van der Waals surface area contributed by atoms with Crippen LogP contribution in [0.1, 0.15) is 58.8 Å². The molecule has 2 atom stereocenters. The minimum atomic E-state index is 0.0673. The SMILES string of the molecule is CCC1CCC(N(C)C(=O)C2CC(C)CCN2)CC1. The number of hydrogen-bond acceptors (Lipinski definition) is 2. The van der Waals surface area contributed by atoms with E-state index in [-0.39, 0.29) is 6.04 Å². The second kappa shape index (κ2) is 6.74. The summed E-state index contributed by atoms with van der Waals surface area (Å²) in [6, 6.07) is 0.548. The molecule has 1 aliphatic heterocycles. The van der Waals surface area contributed by atoms with Crippen LogP contribution in [0.25, 0.3) is 0 Å². The number of carbonyl (C=O) groups excluding carboxylic acids is 1. The van der Waals surface area contributed by atoms with Gasteiger partial charge in [0.1, 0.15) is 0 Å². The molecule has 0 radical (unpaired) electrons. The second-order valence-electron chi connectivity index (χ2n) is 6.67. The lowest BCUT2D eigenvalue weighted by molar-refractivity contribution is -0.136. The van der Waals surface area contributed by atoms with Crippen molar-refractivity contribution in [1.29, 1.82) is 0 Å². The van der Waals surface area contributed by atoms with Crippen LogP contribution in [0, 0.1) is 11.8 Å². The van der Waals surface area contributed by atoms with Gasteiger partial charge in [0.15, 0.2) is 0 Å². The Bertz CT molecular complexity index is 297. The summed E-state index contributed by atoms with van der Waals surface area (Å²) < 4.78 is 0. The summed E-state index contributed by atoms with van der Waals surface area (Å²) in [5.41, 5.74) is 0. The number of nitrogens with one attached hydrogen (secondary N) is 1. The largest absolute Gasteiger partial charge is 0.341 e. The molecule has 0 bridgehead atoms. The highest BCUT2D eigenvalue weighted by Crippen LogP contribution is 2.29. The number of hydrogen-bond donors (Lipinski definition) is 1. The van der Waals surface area contributed by atoms with E-state index in [2.05, 4.69) is 19.2 Å². The van der Waals surface area contributed by atoms with Gasteiger partial charge in [-0.15, -0.1) is 0 Å². The topological polar surface area (TPSA) is 32.3 Å². The van der Waals surface area contributed by atoms with Crippen molar-refractivity contribution >= 4 is 5.91 Å². The number of likely N-dealkylation sites (N-methyl/N-ethyl adjacent to an activating group) is 1. The summed E-state index contributed by atoms with van der Waals surface area (Å²) in [6.45, 7) is 5.54. The maximum absolute atomic E-state index is 12.6. The van der Waals surface area contributed by atoms with E-state index < -0.39 is 0 Å². The molecule has 0 aromatic rings. The van der Waals surface area contributed by atoms with Gasteiger partial charge in [-0.25, -0.2) is 0 Å². The molecular weight excluding hydrogens is 236 g/mol. The normalized spacial score (nSPS) is 35.9. The zero-order valence-corrected chi connectivity index (χ0v) is 12.8. The van der Waals surface area contributed by atoms with Crippen LogP contribution in [0.2, 0.25) is 0 Å². The molecule has 2 fully saturated rings. The van der Waals surface area contributed by atoms with Crippen LogP contribution >= 0.6 is 0 Å². The van der Waals surface area contributed by atoms with E-state index in [1.165, 1.54) is 38.5 Å². The fraction of sp³-hybridized carbons (Fsp3) is 0.938. The van der Waals surface area contributed by atoms with E-state index in [0.717, 1.165) is 18.9 Å². The highest BCUT2D eigenvalue weighted by Gasteiger charge is 2.31. The van der Waals surface area contributed by atoms with Crippen molar-refractivity contribution in [3.63, 3.8) is 0 Å². The van der Waals surface area contributed by atoms with E-state index in [9.17, 15) is 4.79 Å². The lowest BCUT2D eigenvalue weighted by Gasteiger charge is -2.37. The van der Waals surface area contributed by atoms with Crippen LogP contribution in [0.15, 0.2) is 0 Å². The predicted octanol–water partition coefficient (Wildman–Crippen LogP) is 2.80. The Morgan fingerprint density at radius 2 is 1.89 bits per heavy atom. The van der Waals surface area contributed by atoms with E-state index in [4.69, 9.17) is 0 Å². The standard InChI is InChI=1S/C16H30N2O/c1-4-13-5-7-14(8-6-13)18(3)16(19)15-11-12(2)9-10-17-15/h12-15,17H,4-11H2,1-3H3. The summed E-state index contributed by atoms with van der Waals surface area (Å²) in [7, 11) is 2.01. The molecule has 19 heavy (non-hydrogen) atoms. The van der Waals surface area contributed by atoms with Crippen molar-refractivity contribution in [2.24, 2.45) is 11.8 Å². The molecule has 2 rings (SSSR count). The highest BCUT2D eigenvalue weighted by molar-refractivity contribution is 5.82. The van der Waals surface area contributed by atoms with Crippen molar-refractivity contribution in [1.82, 2.24) is 10.2 Å². The molecule has 3 nitrogen and oxygen atoms in total. The number of amides is 1. The first-order valence-corrected chi connectivity index (χ1v) is 8.11. The van der Waals surface area contributed by atoms with Gasteiger partial charge >= 0.3 is 0 Å². The quantitative estimate of drug-likeness (QED) is 0.852. The van der Waals surface area contributed by atoms with Gasteiger partial charge in [0.05, 0.1) is 6.04 Å². The zero-order valence-electron chi connectivity index (χ0n) is 12.8. The average Bonchev–Trinajstić information content (AvgIpc) is 2.46. The third-order valence-corrected chi connectivity index (χ3v) is 5.25. The predicted molar refractivity (Wildman–Crippen MR) is 79.0 cm³/mol. The Balaban J connectivity index is 1.85. The molecular formula is C16H30N2O. The Kier molecular flexibility index (Phi) is 5.26. The minimum Gasteiger partial charge on any atom is -0.341 e. The maximum atomic E-state index is 12.6. The first kappa shape index (κ1) is 14.8. The highest BCUT2D eigenvalue weighted by atomic mass is 16.2. The Hall–Kier alpha value is -0.570. The average molecular weight is 266 g/mol. The van der Waals surface area contributed by atoms with Gasteiger partial charge in [-0.1, -0.05) is 20.3 Å². The van der Waals surface area contributed by atoms with Crippen molar-refractivity contribution in [2.75, 3.05) is 13.6 Å². The molecule has 0 aromatic heterocycles. The van der Waals surface area contributed by atoms with Crippen molar-refractivity contribution < 1.29 is 4.79 Å². The Morgan fingerprint density at radius 1 is 1.21 bits per heavy atom. The van der Waals surface area contributed by atoms with Gasteiger partial charge in [-0.2, -0.15) is 0 Å². The first-order valence-electron chi connectivity index (χ1n) is 8.11. The minimum absolute atomic E-state index is 0.0673. The fourth-order valence-electron chi connectivity index (χ4n) is 3.66. The molecule has 2 aliphatic rings. The van der Waals surface area contributed by atoms with Gasteiger partial charge in [0.25, 0.3) is 0 Å².